The fraction of sp³-hybridized carbons (Fsp3) is 0.378. The number of aliphatic hydroxyl groups excluding tert-OH is 1. The molecule has 2 atom stereocenters. The van der Waals surface area contributed by atoms with E-state index in [2.05, 4.69) is 18.6 Å². The van der Waals surface area contributed by atoms with Crippen LogP contribution < -0.4 is 9.46 Å². The van der Waals surface area contributed by atoms with Gasteiger partial charge in [0, 0.05) is 31.4 Å². The second kappa shape index (κ2) is 16.3. The Morgan fingerprint density at radius 1 is 1.06 bits per heavy atom. The van der Waals surface area contributed by atoms with Crippen LogP contribution in [0.25, 0.3) is 5.69 Å². The summed E-state index contributed by atoms with van der Waals surface area (Å²) in [5, 5.41) is 15.1. The number of halogens is 1. The molecule has 1 aromatic heterocycles. The topological polar surface area (TPSA) is 123 Å². The lowest BCUT2D eigenvalue weighted by Gasteiger charge is -2.36. The Morgan fingerprint density at radius 3 is 2.43 bits per heavy atom. The lowest BCUT2D eigenvalue weighted by atomic mass is 9.93. The lowest BCUT2D eigenvalue weighted by molar-refractivity contribution is 0.0544. The van der Waals surface area contributed by atoms with Gasteiger partial charge in [0.15, 0.2) is 22.2 Å². The first kappa shape index (κ1) is 35.9. The zero-order valence-electron chi connectivity index (χ0n) is 28.4. The summed E-state index contributed by atoms with van der Waals surface area (Å²) in [6.45, 7) is 7.34. The standard InChI is InChI=1S/C37H44FN5O5S/c1-5-7-17-41(18-8-6-2)37(46)33-19-25(3)43(39-33)34-15-13-28(40-49(47)30-14-16-35(48-4)32(38)22-30)21-31(34)36(45)42-23-27-12-10-9-11-26(27)20-29(42)24-44/h9-16,19,21-22,29,40,44H,5-8,17-18,20,23-24H2,1-4H3/t29-,49?/m0/s1. The highest BCUT2D eigenvalue weighted by atomic mass is 32.2. The Labute approximate surface area is 290 Å². The van der Waals surface area contributed by atoms with E-state index in [0.29, 0.717) is 43.1 Å². The summed E-state index contributed by atoms with van der Waals surface area (Å²) in [5.41, 5.74) is 4.02. The van der Waals surface area contributed by atoms with Gasteiger partial charge in [-0.2, -0.15) is 5.10 Å². The lowest BCUT2D eigenvalue weighted by Crippen LogP contribution is -2.46. The van der Waals surface area contributed by atoms with Crippen LogP contribution in [-0.4, -0.2) is 73.9 Å². The van der Waals surface area contributed by atoms with Crippen molar-refractivity contribution in [2.45, 2.75) is 70.4 Å². The van der Waals surface area contributed by atoms with Crippen LogP contribution >= 0.6 is 0 Å². The molecule has 2 heterocycles. The van der Waals surface area contributed by atoms with Crippen molar-refractivity contribution in [3.05, 3.63) is 101 Å². The van der Waals surface area contributed by atoms with E-state index in [9.17, 15) is 23.6 Å². The summed E-state index contributed by atoms with van der Waals surface area (Å²) in [7, 11) is 1.35. The van der Waals surface area contributed by atoms with E-state index in [0.717, 1.165) is 42.9 Å². The maximum atomic E-state index is 14.5. The number of unbranched alkanes of at least 4 members (excludes halogenated alkanes) is 2. The van der Waals surface area contributed by atoms with Gasteiger partial charge in [-0.15, -0.1) is 0 Å². The molecule has 10 nitrogen and oxygen atoms in total. The van der Waals surface area contributed by atoms with Crippen molar-refractivity contribution in [3.63, 3.8) is 0 Å². The minimum Gasteiger partial charge on any atom is -0.588 e. The van der Waals surface area contributed by atoms with Gasteiger partial charge in [0.1, 0.15) is 11.4 Å². The molecule has 4 aromatic rings. The molecule has 1 aliphatic heterocycles. The van der Waals surface area contributed by atoms with Gasteiger partial charge in [-0.1, -0.05) is 51.0 Å². The first-order chi connectivity index (χ1) is 23.7. The second-order valence-electron chi connectivity index (χ2n) is 12.2. The number of anilines is 1. The monoisotopic (exact) mass is 689 g/mol. The molecule has 0 fully saturated rings. The second-order valence-corrected chi connectivity index (χ2v) is 13.4. The molecule has 0 aliphatic carbocycles. The van der Waals surface area contributed by atoms with E-state index in [-0.39, 0.29) is 40.3 Å². The van der Waals surface area contributed by atoms with Crippen molar-refractivity contribution < 1.29 is 28.4 Å². The fourth-order valence-corrected chi connectivity index (χ4v) is 6.89. The number of carbonyl (C=O) groups is 2. The van der Waals surface area contributed by atoms with Crippen molar-refractivity contribution in [3.8, 4) is 11.4 Å². The number of aryl methyl sites for hydroxylation is 1. The average molecular weight is 690 g/mol. The van der Waals surface area contributed by atoms with Gasteiger partial charge in [-0.3, -0.25) is 9.59 Å². The minimum atomic E-state index is -1.87. The van der Waals surface area contributed by atoms with Gasteiger partial charge in [0.25, 0.3) is 11.8 Å². The van der Waals surface area contributed by atoms with Crippen LogP contribution in [0.2, 0.25) is 0 Å². The summed E-state index contributed by atoms with van der Waals surface area (Å²) in [6, 6.07) is 18.1. The van der Waals surface area contributed by atoms with Gasteiger partial charge in [0.2, 0.25) is 0 Å². The number of rotatable bonds is 14. The number of hydrogen-bond donors (Lipinski definition) is 2. The van der Waals surface area contributed by atoms with Crippen LogP contribution in [0.15, 0.2) is 71.6 Å². The molecule has 49 heavy (non-hydrogen) atoms. The van der Waals surface area contributed by atoms with E-state index < -0.39 is 23.2 Å². The first-order valence-corrected chi connectivity index (χ1v) is 17.8. The van der Waals surface area contributed by atoms with Crippen molar-refractivity contribution in [2.75, 3.05) is 31.5 Å². The number of fused-ring (bicyclic) bond motifs is 1. The maximum Gasteiger partial charge on any atom is 0.274 e. The SMILES string of the molecule is CCCCN(CCCC)C(=O)c1cc(C)n(-c2ccc(N[S+]([O-])c3ccc(OC)c(F)c3)cc2C(=O)N2Cc3ccccc3C[C@H]2CO)n1. The molecule has 0 saturated carbocycles. The number of nitrogens with one attached hydrogen (secondary N) is 1. The number of nitrogens with zero attached hydrogens (tertiary/aromatic N) is 4. The number of aliphatic hydroxyl groups is 1. The highest BCUT2D eigenvalue weighted by Gasteiger charge is 2.32. The third kappa shape index (κ3) is 8.09. The van der Waals surface area contributed by atoms with Gasteiger partial charge in [0.05, 0.1) is 36.7 Å². The molecule has 1 aliphatic rings. The Kier molecular flexibility index (Phi) is 12.0. The van der Waals surface area contributed by atoms with E-state index >= 15 is 0 Å². The third-order valence-electron chi connectivity index (χ3n) is 8.79. The van der Waals surface area contributed by atoms with Gasteiger partial charge in [-0.25, -0.2) is 13.8 Å². The molecule has 2 N–H and O–H groups in total. The molecule has 0 bridgehead atoms. The van der Waals surface area contributed by atoms with Crippen molar-refractivity contribution >= 4 is 28.9 Å². The van der Waals surface area contributed by atoms with E-state index in [1.807, 2.05) is 36.1 Å². The van der Waals surface area contributed by atoms with Gasteiger partial charge in [-0.05, 0) is 73.7 Å². The van der Waals surface area contributed by atoms with E-state index in [4.69, 9.17) is 9.84 Å². The Balaban J connectivity index is 1.54. The maximum absolute atomic E-state index is 14.5. The normalized spacial score (nSPS) is 14.7. The number of carbonyl (C=O) groups excluding carboxylic acids is 2. The molecule has 0 saturated heterocycles. The quantitative estimate of drug-likeness (QED) is 0.154. The number of methoxy groups -OCH3 is 1. The molecule has 0 spiro atoms. The number of hydrogen-bond acceptors (Lipinski definition) is 7. The molecule has 0 radical (unpaired) electrons. The van der Waals surface area contributed by atoms with Gasteiger partial charge >= 0.3 is 0 Å². The van der Waals surface area contributed by atoms with Crippen LogP contribution in [0.3, 0.4) is 0 Å². The number of aromatic nitrogens is 2. The van der Waals surface area contributed by atoms with Crippen LogP contribution in [0.1, 0.15) is 77.2 Å². The first-order valence-electron chi connectivity index (χ1n) is 16.7. The number of ether oxygens (including phenoxy) is 1. The van der Waals surface area contributed by atoms with Crippen LogP contribution in [0, 0.1) is 12.7 Å². The fourth-order valence-electron chi connectivity index (χ4n) is 6.02. The average Bonchev–Trinajstić information content (AvgIpc) is 3.51. The highest BCUT2D eigenvalue weighted by molar-refractivity contribution is 7.92. The summed E-state index contributed by atoms with van der Waals surface area (Å²) in [4.78, 5) is 31.9. The molecule has 12 heteroatoms. The third-order valence-corrected chi connectivity index (χ3v) is 9.89. The van der Waals surface area contributed by atoms with Crippen molar-refractivity contribution in [1.29, 1.82) is 0 Å². The van der Waals surface area contributed by atoms with Crippen LogP contribution in [-0.2, 0) is 24.3 Å². The summed E-state index contributed by atoms with van der Waals surface area (Å²) < 4.78 is 37.2. The molecule has 3 aromatic carbocycles. The zero-order chi connectivity index (χ0) is 35.1. The van der Waals surface area contributed by atoms with E-state index in [1.54, 1.807) is 33.8 Å². The van der Waals surface area contributed by atoms with Gasteiger partial charge < -0.3 is 24.2 Å². The Morgan fingerprint density at radius 2 is 1.78 bits per heavy atom. The largest absolute Gasteiger partial charge is 0.588 e. The molecule has 5 rings (SSSR count). The van der Waals surface area contributed by atoms with E-state index in [1.165, 1.54) is 19.2 Å². The van der Waals surface area contributed by atoms with Crippen LogP contribution in [0.5, 0.6) is 5.75 Å². The number of amides is 2. The summed E-state index contributed by atoms with van der Waals surface area (Å²) in [6.07, 6.45) is 4.19. The number of benzene rings is 3. The molecule has 260 valence electrons. The summed E-state index contributed by atoms with van der Waals surface area (Å²) >= 11 is -1.87. The Bertz CT molecular complexity index is 1770. The van der Waals surface area contributed by atoms with Crippen molar-refractivity contribution in [2.24, 2.45) is 0 Å². The molecule has 1 unspecified atom stereocenters. The smallest absolute Gasteiger partial charge is 0.274 e. The Hall–Kier alpha value is -4.39. The predicted molar refractivity (Wildman–Crippen MR) is 188 cm³/mol. The predicted octanol–water partition coefficient (Wildman–Crippen LogP) is 6.06. The van der Waals surface area contributed by atoms with Crippen LogP contribution in [0.4, 0.5) is 10.1 Å². The molecular weight excluding hydrogens is 646 g/mol. The molecular formula is C37H44FN5O5S. The van der Waals surface area contributed by atoms with Crippen molar-refractivity contribution in [1.82, 2.24) is 19.6 Å². The highest BCUT2D eigenvalue weighted by Crippen LogP contribution is 2.30. The minimum absolute atomic E-state index is 0.0332. The zero-order valence-corrected chi connectivity index (χ0v) is 29.3. The summed E-state index contributed by atoms with van der Waals surface area (Å²) in [5.74, 6) is -1.14. The molecule has 2 amide bonds.